The Balaban J connectivity index is 2.06. The van der Waals surface area contributed by atoms with E-state index < -0.39 is 70.8 Å². The summed E-state index contributed by atoms with van der Waals surface area (Å²) < 4.78 is 106. The number of pyridine rings is 1. The minimum absolute atomic E-state index is 0.0889. The van der Waals surface area contributed by atoms with Gasteiger partial charge in [-0.1, -0.05) is 13.0 Å². The fourth-order valence-electron chi connectivity index (χ4n) is 4.35. The Kier molecular flexibility index (Phi) is 7.81. The van der Waals surface area contributed by atoms with Crippen molar-refractivity contribution in [2.45, 2.75) is 70.1 Å². The Morgan fingerprint density at radius 3 is 2.46 bits per heavy atom. The first-order valence-electron chi connectivity index (χ1n) is 11.1. The summed E-state index contributed by atoms with van der Waals surface area (Å²) in [4.78, 5) is 17.3. The highest BCUT2D eigenvalue weighted by Gasteiger charge is 2.66. The summed E-state index contributed by atoms with van der Waals surface area (Å²) in [6.45, 7) is 1.17. The first-order chi connectivity index (χ1) is 16.9. The number of aliphatic hydroxyl groups is 1. The monoisotopic (exact) mass is 538 g/mol. The third-order valence-electron chi connectivity index (χ3n) is 6.27. The number of anilines is 1. The summed E-state index contributed by atoms with van der Waals surface area (Å²) in [6.07, 6.45) is -5.59. The van der Waals surface area contributed by atoms with Crippen molar-refractivity contribution < 1.29 is 50.1 Å². The Labute approximate surface area is 207 Å². The summed E-state index contributed by atoms with van der Waals surface area (Å²) in [6, 6.07) is 4.05. The second-order valence-corrected chi connectivity index (χ2v) is 9.63. The van der Waals surface area contributed by atoms with Gasteiger partial charge in [0.25, 0.3) is 5.91 Å². The van der Waals surface area contributed by atoms with Crippen LogP contribution in [-0.2, 0) is 16.0 Å². The highest BCUT2D eigenvalue weighted by molar-refractivity contribution is 5.95. The maximum Gasteiger partial charge on any atom is 0.417 e. The third kappa shape index (κ3) is 5.98. The van der Waals surface area contributed by atoms with Crippen LogP contribution in [0.25, 0.3) is 0 Å². The lowest BCUT2D eigenvalue weighted by Gasteiger charge is -2.32. The maximum absolute atomic E-state index is 14.5. The van der Waals surface area contributed by atoms with Crippen LogP contribution >= 0.6 is 0 Å². The predicted molar refractivity (Wildman–Crippen MR) is 117 cm³/mol. The standard InChI is InChI=1S/C24H25F7N2O4/c1-11-16(14-5-6-15(25)17(26)18(14)36-21(27)28)19(37-23(11,4)24(29,30)31)20(34)33-12-7-8-32-13(9-12)10-22(2,3)35/h5-9,11,16,19,21,35H,10H2,1-4H3,(H,32,33,34)/t11-,16-,19+,23+/m0/s1. The molecular weight excluding hydrogens is 513 g/mol. The molecule has 1 aromatic carbocycles. The van der Waals surface area contributed by atoms with Crippen LogP contribution in [0.3, 0.4) is 0 Å². The molecule has 37 heavy (non-hydrogen) atoms. The molecule has 0 saturated carbocycles. The van der Waals surface area contributed by atoms with Gasteiger partial charge in [0.2, 0.25) is 5.82 Å². The average molecular weight is 538 g/mol. The molecule has 3 rings (SSSR count). The minimum atomic E-state index is -5.02. The van der Waals surface area contributed by atoms with E-state index >= 15 is 0 Å². The van der Waals surface area contributed by atoms with Crippen molar-refractivity contribution >= 4 is 11.6 Å². The number of carbonyl (C=O) groups excluding carboxylic acids is 1. The van der Waals surface area contributed by atoms with Gasteiger partial charge < -0.3 is 19.9 Å². The van der Waals surface area contributed by atoms with Gasteiger partial charge in [0, 0.05) is 41.4 Å². The highest BCUT2D eigenvalue weighted by Crippen LogP contribution is 2.55. The topological polar surface area (TPSA) is 80.7 Å². The molecule has 1 aliphatic heterocycles. The fraction of sp³-hybridized carbons (Fsp3) is 0.500. The molecule has 2 heterocycles. The molecule has 0 spiro atoms. The molecule has 1 saturated heterocycles. The Hall–Kier alpha value is -2.93. The van der Waals surface area contributed by atoms with Gasteiger partial charge in [-0.05, 0) is 39.0 Å². The number of aromatic nitrogens is 1. The second kappa shape index (κ2) is 10.1. The number of alkyl halides is 5. The van der Waals surface area contributed by atoms with Crippen LogP contribution in [-0.4, -0.2) is 46.1 Å². The van der Waals surface area contributed by atoms with Crippen molar-refractivity contribution in [3.8, 4) is 5.75 Å². The summed E-state index contributed by atoms with van der Waals surface area (Å²) in [5.74, 6) is -9.09. The third-order valence-corrected chi connectivity index (χ3v) is 6.27. The summed E-state index contributed by atoms with van der Waals surface area (Å²) in [7, 11) is 0. The van der Waals surface area contributed by atoms with Gasteiger partial charge in [-0.3, -0.25) is 9.78 Å². The number of benzene rings is 1. The maximum atomic E-state index is 14.5. The average Bonchev–Trinajstić information content (AvgIpc) is 3.03. The lowest BCUT2D eigenvalue weighted by molar-refractivity contribution is -0.272. The number of nitrogens with one attached hydrogen (secondary N) is 1. The molecule has 0 unspecified atom stereocenters. The summed E-state index contributed by atoms with van der Waals surface area (Å²) in [5.41, 5.74) is -4.22. The first-order valence-corrected chi connectivity index (χ1v) is 11.1. The van der Waals surface area contributed by atoms with Crippen molar-refractivity contribution in [1.29, 1.82) is 0 Å². The zero-order valence-electron chi connectivity index (χ0n) is 20.2. The van der Waals surface area contributed by atoms with Gasteiger partial charge >= 0.3 is 12.8 Å². The van der Waals surface area contributed by atoms with Gasteiger partial charge in [0.1, 0.15) is 6.10 Å². The van der Waals surface area contributed by atoms with Gasteiger partial charge in [-0.25, -0.2) is 4.39 Å². The smallest absolute Gasteiger partial charge is 0.417 e. The molecule has 0 bridgehead atoms. The van der Waals surface area contributed by atoms with Crippen LogP contribution in [0.5, 0.6) is 5.75 Å². The molecule has 1 aromatic heterocycles. The zero-order chi connectivity index (χ0) is 27.9. The minimum Gasteiger partial charge on any atom is -0.431 e. The van der Waals surface area contributed by atoms with Crippen molar-refractivity contribution in [1.82, 2.24) is 4.98 Å². The largest absolute Gasteiger partial charge is 0.431 e. The number of ether oxygens (including phenoxy) is 2. The molecule has 0 radical (unpaired) electrons. The van der Waals surface area contributed by atoms with Crippen LogP contribution in [0.4, 0.5) is 36.4 Å². The van der Waals surface area contributed by atoms with Gasteiger partial charge in [-0.2, -0.15) is 26.3 Å². The fourth-order valence-corrected chi connectivity index (χ4v) is 4.35. The Morgan fingerprint density at radius 2 is 1.89 bits per heavy atom. The highest BCUT2D eigenvalue weighted by atomic mass is 19.4. The van der Waals surface area contributed by atoms with Crippen LogP contribution in [0, 0.1) is 17.6 Å². The van der Waals surface area contributed by atoms with Crippen molar-refractivity contribution in [3.63, 3.8) is 0 Å². The number of halogens is 7. The van der Waals surface area contributed by atoms with E-state index in [0.29, 0.717) is 18.7 Å². The van der Waals surface area contributed by atoms with E-state index in [-0.39, 0.29) is 12.1 Å². The van der Waals surface area contributed by atoms with E-state index in [1.54, 1.807) is 0 Å². The number of rotatable bonds is 7. The van der Waals surface area contributed by atoms with E-state index in [0.717, 1.165) is 13.0 Å². The zero-order valence-corrected chi connectivity index (χ0v) is 20.2. The molecule has 13 heteroatoms. The first kappa shape index (κ1) is 28.6. The molecule has 4 atom stereocenters. The second-order valence-electron chi connectivity index (χ2n) is 9.63. The van der Waals surface area contributed by atoms with E-state index in [1.165, 1.54) is 32.2 Å². The van der Waals surface area contributed by atoms with Crippen molar-refractivity contribution in [2.24, 2.45) is 5.92 Å². The summed E-state index contributed by atoms with van der Waals surface area (Å²) in [5, 5.41) is 12.4. The van der Waals surface area contributed by atoms with E-state index in [4.69, 9.17) is 4.74 Å². The van der Waals surface area contributed by atoms with Crippen molar-refractivity contribution in [2.75, 3.05) is 5.32 Å². The van der Waals surface area contributed by atoms with Crippen LogP contribution in [0.15, 0.2) is 30.5 Å². The number of carbonyl (C=O) groups is 1. The van der Waals surface area contributed by atoms with Gasteiger partial charge in [0.15, 0.2) is 17.2 Å². The predicted octanol–water partition coefficient (Wildman–Crippen LogP) is 5.35. The quantitative estimate of drug-likeness (QED) is 0.465. The van der Waals surface area contributed by atoms with E-state index in [1.807, 2.05) is 0 Å². The lowest BCUT2D eigenvalue weighted by atomic mass is 9.77. The van der Waals surface area contributed by atoms with Crippen LogP contribution in [0.1, 0.15) is 44.9 Å². The molecular formula is C24H25F7N2O4. The number of nitrogens with zero attached hydrogens (tertiary/aromatic N) is 1. The molecule has 204 valence electrons. The molecule has 2 N–H and O–H groups in total. The lowest BCUT2D eigenvalue weighted by Crippen LogP contribution is -2.47. The number of hydrogen-bond donors (Lipinski definition) is 2. The van der Waals surface area contributed by atoms with Crippen molar-refractivity contribution in [3.05, 3.63) is 53.4 Å². The SMILES string of the molecule is C[C@H]1[C@@H](c2ccc(F)c(F)c2OC(F)F)[C@H](C(=O)Nc2ccnc(CC(C)(C)O)c2)O[C@@]1(C)C(F)(F)F. The Morgan fingerprint density at radius 1 is 1.24 bits per heavy atom. The normalized spacial score (nSPS) is 24.4. The molecule has 1 amide bonds. The molecule has 0 aliphatic carbocycles. The molecule has 1 aliphatic rings. The summed E-state index contributed by atoms with van der Waals surface area (Å²) >= 11 is 0. The van der Waals surface area contributed by atoms with Gasteiger partial charge in [0.05, 0.1) is 5.60 Å². The van der Waals surface area contributed by atoms with E-state index in [2.05, 4.69) is 15.0 Å². The van der Waals surface area contributed by atoms with Gasteiger partial charge in [-0.15, -0.1) is 0 Å². The molecule has 6 nitrogen and oxygen atoms in total. The molecule has 2 aromatic rings. The Bertz CT molecular complexity index is 1150. The van der Waals surface area contributed by atoms with Crippen LogP contribution in [0.2, 0.25) is 0 Å². The van der Waals surface area contributed by atoms with E-state index in [9.17, 15) is 40.6 Å². The number of amides is 1. The van der Waals surface area contributed by atoms with Crippen LogP contribution < -0.4 is 10.1 Å². The number of hydrogen-bond acceptors (Lipinski definition) is 5. The molecule has 1 fully saturated rings.